The van der Waals surface area contributed by atoms with E-state index < -0.39 is 0 Å². The lowest BCUT2D eigenvalue weighted by Gasteiger charge is -2.30. The molecule has 2 amide bonds. The van der Waals surface area contributed by atoms with E-state index in [0.717, 1.165) is 31.3 Å². The maximum Gasteiger partial charge on any atom is 0.261 e. The van der Waals surface area contributed by atoms with E-state index in [4.69, 9.17) is 4.74 Å². The van der Waals surface area contributed by atoms with E-state index in [1.807, 2.05) is 12.1 Å². The highest BCUT2D eigenvalue weighted by Crippen LogP contribution is 2.23. The molecular weight excluding hydrogens is 364 g/mol. The molecule has 0 radical (unpaired) electrons. The molecule has 5 heteroatoms. The number of hydrogen-bond acceptors (Lipinski definition) is 4. The number of ether oxygens (including phenoxy) is 1. The van der Waals surface area contributed by atoms with Gasteiger partial charge in [0.25, 0.3) is 11.8 Å². The van der Waals surface area contributed by atoms with Crippen LogP contribution in [0.3, 0.4) is 0 Å². The summed E-state index contributed by atoms with van der Waals surface area (Å²) >= 11 is 0. The molecule has 5 nitrogen and oxygen atoms in total. The van der Waals surface area contributed by atoms with Crippen LogP contribution in [0.2, 0.25) is 0 Å². The van der Waals surface area contributed by atoms with Crippen LogP contribution in [-0.4, -0.2) is 47.9 Å². The molecule has 1 atom stereocenters. The number of likely N-dealkylation sites (tertiary alicyclic amines) is 1. The summed E-state index contributed by atoms with van der Waals surface area (Å²) in [5.41, 5.74) is 2.26. The molecule has 29 heavy (non-hydrogen) atoms. The van der Waals surface area contributed by atoms with Crippen molar-refractivity contribution in [2.75, 3.05) is 26.2 Å². The van der Waals surface area contributed by atoms with Gasteiger partial charge in [0.2, 0.25) is 0 Å². The fraction of sp³-hybridized carbons (Fsp3) is 0.417. The second-order valence-electron chi connectivity index (χ2n) is 8.14. The van der Waals surface area contributed by atoms with Gasteiger partial charge in [0.15, 0.2) is 0 Å². The predicted octanol–water partition coefficient (Wildman–Crippen LogP) is 3.98. The molecular formula is C24H28N2O3. The maximum absolute atomic E-state index is 12.4. The Bertz CT molecular complexity index is 860. The van der Waals surface area contributed by atoms with Crippen LogP contribution < -0.4 is 4.74 Å². The Morgan fingerprint density at radius 2 is 1.79 bits per heavy atom. The standard InChI is InChI=1S/C24H28N2O3/c1-18-7-5-12-25(16-18)17-19-8-4-9-20(15-19)29-14-6-13-26-23(27)21-10-2-3-11-22(21)24(26)28/h2-4,8-11,15,18H,5-7,12-14,16-17H2,1H3/t18-/m1/s1. The van der Waals surface area contributed by atoms with Crippen LogP contribution in [0.4, 0.5) is 0 Å². The van der Waals surface area contributed by atoms with Crippen LogP contribution in [0.25, 0.3) is 0 Å². The van der Waals surface area contributed by atoms with Gasteiger partial charge in [-0.3, -0.25) is 19.4 Å². The summed E-state index contributed by atoms with van der Waals surface area (Å²) in [7, 11) is 0. The molecule has 0 aliphatic carbocycles. The molecule has 1 saturated heterocycles. The number of carbonyl (C=O) groups excluding carboxylic acids is 2. The first-order valence-electron chi connectivity index (χ1n) is 10.5. The van der Waals surface area contributed by atoms with E-state index in [2.05, 4.69) is 24.0 Å². The van der Waals surface area contributed by atoms with Gasteiger partial charge < -0.3 is 4.74 Å². The normalized spacial score (nSPS) is 19.5. The topological polar surface area (TPSA) is 49.9 Å². The van der Waals surface area contributed by atoms with E-state index in [-0.39, 0.29) is 11.8 Å². The van der Waals surface area contributed by atoms with Gasteiger partial charge in [-0.1, -0.05) is 31.2 Å². The number of hydrogen-bond donors (Lipinski definition) is 0. The van der Waals surface area contributed by atoms with Gasteiger partial charge in [-0.2, -0.15) is 0 Å². The summed E-state index contributed by atoms with van der Waals surface area (Å²) in [6.45, 7) is 6.44. The zero-order valence-electron chi connectivity index (χ0n) is 17.0. The Labute approximate surface area is 172 Å². The fourth-order valence-electron chi connectivity index (χ4n) is 4.28. The van der Waals surface area contributed by atoms with Gasteiger partial charge in [0.05, 0.1) is 17.7 Å². The fourth-order valence-corrected chi connectivity index (χ4v) is 4.28. The molecule has 2 aliphatic heterocycles. The molecule has 0 bridgehead atoms. The number of rotatable bonds is 7. The van der Waals surface area contributed by atoms with Crippen molar-refractivity contribution in [3.8, 4) is 5.75 Å². The van der Waals surface area contributed by atoms with Crippen molar-refractivity contribution < 1.29 is 14.3 Å². The van der Waals surface area contributed by atoms with Gasteiger partial charge in [-0.15, -0.1) is 0 Å². The quantitative estimate of drug-likeness (QED) is 0.528. The number of benzene rings is 2. The first kappa shape index (κ1) is 19.6. The number of piperidine rings is 1. The van der Waals surface area contributed by atoms with Crippen LogP contribution in [0.15, 0.2) is 48.5 Å². The summed E-state index contributed by atoms with van der Waals surface area (Å²) in [6.07, 6.45) is 3.21. The van der Waals surface area contributed by atoms with Gasteiger partial charge in [-0.05, 0) is 61.6 Å². The largest absolute Gasteiger partial charge is 0.494 e. The Kier molecular flexibility index (Phi) is 5.95. The molecule has 4 rings (SSSR count). The van der Waals surface area contributed by atoms with Crippen molar-refractivity contribution in [1.82, 2.24) is 9.80 Å². The van der Waals surface area contributed by atoms with Crippen LogP contribution in [-0.2, 0) is 6.54 Å². The Morgan fingerprint density at radius 3 is 2.52 bits per heavy atom. The smallest absolute Gasteiger partial charge is 0.261 e. The molecule has 152 valence electrons. The van der Waals surface area contributed by atoms with Crippen molar-refractivity contribution in [3.63, 3.8) is 0 Å². The summed E-state index contributed by atoms with van der Waals surface area (Å²) in [6, 6.07) is 15.2. The average Bonchev–Trinajstić information content (AvgIpc) is 2.96. The Morgan fingerprint density at radius 1 is 1.03 bits per heavy atom. The second kappa shape index (κ2) is 8.78. The third kappa shape index (κ3) is 4.51. The van der Waals surface area contributed by atoms with Gasteiger partial charge in [-0.25, -0.2) is 0 Å². The number of carbonyl (C=O) groups is 2. The zero-order valence-corrected chi connectivity index (χ0v) is 17.0. The lowest BCUT2D eigenvalue weighted by atomic mass is 10.00. The van der Waals surface area contributed by atoms with Gasteiger partial charge >= 0.3 is 0 Å². The van der Waals surface area contributed by atoms with Crippen LogP contribution in [0, 0.1) is 5.92 Å². The molecule has 2 aliphatic rings. The van der Waals surface area contributed by atoms with Crippen molar-refractivity contribution in [2.45, 2.75) is 32.7 Å². The first-order valence-corrected chi connectivity index (χ1v) is 10.5. The van der Waals surface area contributed by atoms with Crippen molar-refractivity contribution >= 4 is 11.8 Å². The minimum Gasteiger partial charge on any atom is -0.494 e. The number of imide groups is 1. The van der Waals surface area contributed by atoms with Crippen LogP contribution in [0.1, 0.15) is 52.5 Å². The summed E-state index contributed by atoms with van der Waals surface area (Å²) < 4.78 is 5.90. The number of amides is 2. The maximum atomic E-state index is 12.4. The van der Waals surface area contributed by atoms with Crippen LogP contribution in [0.5, 0.6) is 5.75 Å². The van der Waals surface area contributed by atoms with Crippen molar-refractivity contribution in [2.24, 2.45) is 5.92 Å². The summed E-state index contributed by atoms with van der Waals surface area (Å²) in [4.78, 5) is 28.6. The van der Waals surface area contributed by atoms with E-state index in [1.54, 1.807) is 24.3 Å². The van der Waals surface area contributed by atoms with E-state index >= 15 is 0 Å². The third-order valence-electron chi connectivity index (χ3n) is 5.72. The molecule has 2 heterocycles. The SMILES string of the molecule is C[C@@H]1CCCN(Cc2cccc(OCCCN3C(=O)c4ccccc4C3=O)c2)C1. The average molecular weight is 392 g/mol. The lowest BCUT2D eigenvalue weighted by Crippen LogP contribution is -2.33. The monoisotopic (exact) mass is 392 g/mol. The molecule has 0 unspecified atom stereocenters. The molecule has 0 spiro atoms. The molecule has 0 N–H and O–H groups in total. The number of nitrogens with zero attached hydrogens (tertiary/aromatic N) is 2. The highest BCUT2D eigenvalue weighted by atomic mass is 16.5. The minimum absolute atomic E-state index is 0.205. The first-order chi connectivity index (χ1) is 14.1. The summed E-state index contributed by atoms with van der Waals surface area (Å²) in [5, 5.41) is 0. The number of fused-ring (bicyclic) bond motifs is 1. The van der Waals surface area contributed by atoms with E-state index in [1.165, 1.54) is 23.3 Å². The third-order valence-corrected chi connectivity index (χ3v) is 5.72. The molecule has 2 aromatic rings. The van der Waals surface area contributed by atoms with E-state index in [0.29, 0.717) is 30.7 Å². The van der Waals surface area contributed by atoms with Crippen molar-refractivity contribution in [3.05, 3.63) is 65.2 Å². The van der Waals surface area contributed by atoms with Crippen LogP contribution >= 0.6 is 0 Å². The van der Waals surface area contributed by atoms with Crippen molar-refractivity contribution in [1.29, 1.82) is 0 Å². The second-order valence-corrected chi connectivity index (χ2v) is 8.14. The molecule has 0 aromatic heterocycles. The Hall–Kier alpha value is -2.66. The van der Waals surface area contributed by atoms with E-state index in [9.17, 15) is 9.59 Å². The van der Waals surface area contributed by atoms with Gasteiger partial charge in [0.1, 0.15) is 5.75 Å². The zero-order chi connectivity index (χ0) is 20.2. The highest BCUT2D eigenvalue weighted by Gasteiger charge is 2.34. The Balaban J connectivity index is 1.26. The molecule has 0 saturated carbocycles. The predicted molar refractivity (Wildman–Crippen MR) is 112 cm³/mol. The highest BCUT2D eigenvalue weighted by molar-refractivity contribution is 6.21. The molecule has 1 fully saturated rings. The minimum atomic E-state index is -0.205. The lowest BCUT2D eigenvalue weighted by molar-refractivity contribution is 0.0647. The molecule has 2 aromatic carbocycles. The van der Waals surface area contributed by atoms with Gasteiger partial charge in [0, 0.05) is 19.6 Å². The summed E-state index contributed by atoms with van der Waals surface area (Å²) in [5.74, 6) is 1.20.